The lowest BCUT2D eigenvalue weighted by molar-refractivity contribution is 0.414. The molecule has 0 spiro atoms. The number of piperidine rings is 1. The Morgan fingerprint density at radius 3 is 2.47 bits per heavy atom. The zero-order chi connectivity index (χ0) is 12.0. The van der Waals surface area contributed by atoms with Crippen LogP contribution in [0.25, 0.3) is 0 Å². The van der Waals surface area contributed by atoms with Crippen molar-refractivity contribution in [2.24, 2.45) is 5.73 Å². The number of hydrogen-bond acceptors (Lipinski definition) is 2. The van der Waals surface area contributed by atoms with Crippen molar-refractivity contribution in [2.75, 3.05) is 4.90 Å². The Hall–Kier alpha value is -0.730. The molecule has 92 valence electrons. The van der Waals surface area contributed by atoms with E-state index >= 15 is 0 Å². The second-order valence-electron chi connectivity index (χ2n) is 5.48. The van der Waals surface area contributed by atoms with Crippen LogP contribution in [0.5, 0.6) is 0 Å². The van der Waals surface area contributed by atoms with Gasteiger partial charge in [-0.3, -0.25) is 0 Å². The van der Waals surface area contributed by atoms with Crippen LogP contribution in [0.4, 0.5) is 5.69 Å². The van der Waals surface area contributed by atoms with Gasteiger partial charge >= 0.3 is 0 Å². The smallest absolute Gasteiger partial charge is 0.0642 e. The molecule has 2 unspecified atom stereocenters. The van der Waals surface area contributed by atoms with Crippen LogP contribution < -0.4 is 10.6 Å². The van der Waals surface area contributed by atoms with Crippen molar-refractivity contribution in [3.8, 4) is 0 Å². The summed E-state index contributed by atoms with van der Waals surface area (Å²) in [7, 11) is 0. The molecule has 2 nitrogen and oxygen atoms in total. The van der Waals surface area contributed by atoms with Gasteiger partial charge in [-0.1, -0.05) is 17.7 Å². The molecule has 2 bridgehead atoms. The largest absolute Gasteiger partial charge is 0.364 e. The number of aryl methyl sites for hydroxylation is 1. The zero-order valence-electron chi connectivity index (χ0n) is 10.2. The number of anilines is 1. The fraction of sp³-hybridized carbons (Fsp3) is 0.571. The number of fused-ring (bicyclic) bond motifs is 2. The van der Waals surface area contributed by atoms with E-state index in [-0.39, 0.29) is 0 Å². The molecule has 1 aromatic rings. The lowest BCUT2D eigenvalue weighted by atomic mass is 9.97. The molecule has 0 amide bonds. The van der Waals surface area contributed by atoms with E-state index in [0.717, 1.165) is 17.9 Å². The molecule has 0 aromatic heterocycles. The molecule has 2 atom stereocenters. The Labute approximate surface area is 108 Å². The van der Waals surface area contributed by atoms with Gasteiger partial charge in [0.1, 0.15) is 0 Å². The van der Waals surface area contributed by atoms with Gasteiger partial charge in [0.05, 0.1) is 10.7 Å². The van der Waals surface area contributed by atoms with Crippen molar-refractivity contribution < 1.29 is 0 Å². The maximum Gasteiger partial charge on any atom is 0.0642 e. The van der Waals surface area contributed by atoms with Gasteiger partial charge in [0.15, 0.2) is 0 Å². The van der Waals surface area contributed by atoms with E-state index in [1.54, 1.807) is 0 Å². The number of hydrogen-bond donors (Lipinski definition) is 1. The van der Waals surface area contributed by atoms with Gasteiger partial charge in [0, 0.05) is 18.1 Å². The molecule has 2 saturated heterocycles. The third-order valence-corrected chi connectivity index (χ3v) is 4.45. The van der Waals surface area contributed by atoms with Crippen LogP contribution >= 0.6 is 11.6 Å². The molecular weight excluding hydrogens is 232 g/mol. The Morgan fingerprint density at radius 1 is 1.24 bits per heavy atom. The summed E-state index contributed by atoms with van der Waals surface area (Å²) < 4.78 is 0. The first-order valence-corrected chi connectivity index (χ1v) is 6.83. The first-order valence-electron chi connectivity index (χ1n) is 6.45. The number of nitrogens with two attached hydrogens (primary N) is 1. The second kappa shape index (κ2) is 4.18. The predicted octanol–water partition coefficient (Wildman–Crippen LogP) is 3.11. The minimum atomic E-state index is 0.382. The van der Waals surface area contributed by atoms with Crippen molar-refractivity contribution >= 4 is 17.3 Å². The van der Waals surface area contributed by atoms with Gasteiger partial charge in [0.2, 0.25) is 0 Å². The van der Waals surface area contributed by atoms with Crippen LogP contribution in [0.3, 0.4) is 0 Å². The summed E-state index contributed by atoms with van der Waals surface area (Å²) in [5, 5.41) is 0.886. The van der Waals surface area contributed by atoms with Gasteiger partial charge in [-0.15, -0.1) is 0 Å². The molecule has 2 fully saturated rings. The average molecular weight is 251 g/mol. The van der Waals surface area contributed by atoms with Crippen LogP contribution in [-0.4, -0.2) is 18.1 Å². The molecule has 17 heavy (non-hydrogen) atoms. The highest BCUT2D eigenvalue weighted by Gasteiger charge is 2.40. The number of rotatable bonds is 1. The summed E-state index contributed by atoms with van der Waals surface area (Å²) in [5.74, 6) is 0. The Kier molecular flexibility index (Phi) is 2.80. The lowest BCUT2D eigenvalue weighted by Crippen LogP contribution is -2.47. The van der Waals surface area contributed by atoms with E-state index in [1.807, 2.05) is 0 Å². The highest BCUT2D eigenvalue weighted by atomic mass is 35.5. The molecule has 1 aromatic carbocycles. The monoisotopic (exact) mass is 250 g/mol. The van der Waals surface area contributed by atoms with E-state index in [9.17, 15) is 0 Å². The van der Waals surface area contributed by atoms with Crippen molar-refractivity contribution in [1.29, 1.82) is 0 Å². The Morgan fingerprint density at radius 2 is 1.88 bits per heavy atom. The normalized spacial score (nSPS) is 31.9. The second-order valence-corrected chi connectivity index (χ2v) is 5.89. The van der Waals surface area contributed by atoms with Gasteiger partial charge in [-0.25, -0.2) is 0 Å². The fourth-order valence-corrected chi connectivity index (χ4v) is 3.77. The molecule has 3 rings (SSSR count). The Balaban J connectivity index is 1.94. The van der Waals surface area contributed by atoms with Crippen LogP contribution in [-0.2, 0) is 0 Å². The standard InChI is InChI=1S/C14H19ClN2/c1-9-2-5-14(13(15)6-9)17-11-3-4-12(17)8-10(16)7-11/h2,5-6,10-12H,3-4,7-8,16H2,1H3. The molecule has 0 saturated carbocycles. The van der Waals surface area contributed by atoms with Crippen molar-refractivity contribution in [3.05, 3.63) is 28.8 Å². The van der Waals surface area contributed by atoms with Crippen LogP contribution in [0.1, 0.15) is 31.2 Å². The number of benzene rings is 1. The first-order chi connectivity index (χ1) is 8.15. The number of halogens is 1. The van der Waals surface area contributed by atoms with E-state index in [1.165, 1.54) is 24.1 Å². The average Bonchev–Trinajstić information content (AvgIpc) is 2.53. The molecule has 0 radical (unpaired) electrons. The quantitative estimate of drug-likeness (QED) is 0.830. The third-order valence-electron chi connectivity index (χ3n) is 4.15. The molecule has 3 heteroatoms. The zero-order valence-corrected chi connectivity index (χ0v) is 11.0. The summed E-state index contributed by atoms with van der Waals surface area (Å²) in [6.45, 7) is 2.08. The van der Waals surface area contributed by atoms with Crippen LogP contribution in [0, 0.1) is 6.92 Å². The minimum Gasteiger partial charge on any atom is -0.364 e. The van der Waals surface area contributed by atoms with Crippen LogP contribution in [0.2, 0.25) is 5.02 Å². The van der Waals surface area contributed by atoms with Gasteiger partial charge in [-0.2, -0.15) is 0 Å². The van der Waals surface area contributed by atoms with Crippen molar-refractivity contribution in [3.63, 3.8) is 0 Å². The molecule has 0 aliphatic carbocycles. The molecule has 2 aliphatic heterocycles. The van der Waals surface area contributed by atoms with E-state index in [0.29, 0.717) is 18.1 Å². The summed E-state index contributed by atoms with van der Waals surface area (Å²) in [6, 6.07) is 7.96. The van der Waals surface area contributed by atoms with Crippen LogP contribution in [0.15, 0.2) is 18.2 Å². The topological polar surface area (TPSA) is 29.3 Å². The third kappa shape index (κ3) is 1.94. The highest BCUT2D eigenvalue weighted by Crippen LogP contribution is 2.41. The molecule has 2 aliphatic rings. The van der Waals surface area contributed by atoms with Gasteiger partial charge in [0.25, 0.3) is 0 Å². The molecule has 2 heterocycles. The van der Waals surface area contributed by atoms with Gasteiger partial charge in [-0.05, 0) is 50.3 Å². The maximum absolute atomic E-state index is 6.38. The highest BCUT2D eigenvalue weighted by molar-refractivity contribution is 6.33. The number of nitrogens with zero attached hydrogens (tertiary/aromatic N) is 1. The maximum atomic E-state index is 6.38. The minimum absolute atomic E-state index is 0.382. The van der Waals surface area contributed by atoms with E-state index in [2.05, 4.69) is 30.0 Å². The van der Waals surface area contributed by atoms with Gasteiger partial charge < -0.3 is 10.6 Å². The molecular formula is C14H19ClN2. The van der Waals surface area contributed by atoms with E-state index < -0.39 is 0 Å². The fourth-order valence-electron chi connectivity index (χ4n) is 3.43. The van der Waals surface area contributed by atoms with E-state index in [4.69, 9.17) is 17.3 Å². The van der Waals surface area contributed by atoms with Crippen molar-refractivity contribution in [2.45, 2.75) is 50.7 Å². The summed E-state index contributed by atoms with van der Waals surface area (Å²) in [6.07, 6.45) is 4.76. The summed E-state index contributed by atoms with van der Waals surface area (Å²) in [4.78, 5) is 2.52. The summed E-state index contributed by atoms with van der Waals surface area (Å²) >= 11 is 6.38. The summed E-state index contributed by atoms with van der Waals surface area (Å²) in [5.41, 5.74) is 8.53. The van der Waals surface area contributed by atoms with Crippen molar-refractivity contribution in [1.82, 2.24) is 0 Å². The SMILES string of the molecule is Cc1ccc(N2C3CCC2CC(N)C3)c(Cl)c1. The lowest BCUT2D eigenvalue weighted by Gasteiger charge is -2.40. The predicted molar refractivity (Wildman–Crippen MR) is 72.7 cm³/mol. The first kappa shape index (κ1) is 11.4. The molecule has 2 N–H and O–H groups in total. The Bertz CT molecular complexity index is 418.